The first-order valence-corrected chi connectivity index (χ1v) is 9.96. The van der Waals surface area contributed by atoms with Crippen molar-refractivity contribution in [2.24, 2.45) is 0 Å². The van der Waals surface area contributed by atoms with Gasteiger partial charge >= 0.3 is 0 Å². The van der Waals surface area contributed by atoms with E-state index in [0.29, 0.717) is 17.9 Å². The quantitative estimate of drug-likeness (QED) is 0.496. The van der Waals surface area contributed by atoms with Crippen LogP contribution < -0.4 is 10.9 Å². The van der Waals surface area contributed by atoms with Gasteiger partial charge in [0.25, 0.3) is 5.56 Å². The number of aryl methyl sites for hydroxylation is 2. The summed E-state index contributed by atoms with van der Waals surface area (Å²) in [6.45, 7) is 3.67. The molecule has 6 nitrogen and oxygen atoms in total. The molecular formula is C24H22FN3O3. The topological polar surface area (TPSA) is 88.0 Å². The molecule has 0 fully saturated rings. The second-order valence-electron chi connectivity index (χ2n) is 7.64. The van der Waals surface area contributed by atoms with Crippen LogP contribution in [-0.4, -0.2) is 15.9 Å². The smallest absolute Gasteiger partial charge is 0.251 e. The van der Waals surface area contributed by atoms with Crippen LogP contribution in [0.5, 0.6) is 0 Å². The number of hydrogen-bond donors (Lipinski definition) is 2. The standard InChI is InChI=1S/C24H22FN3O3/c1-14-3-8-20-17(13-31-22(20)9-14)10-23(29)28-21(16-4-6-18(25)7-5-16)11-19-12-24(30)27-15(2)26-19/h3-9,12-13,21H,10-11H2,1-2H3,(H,28,29)(H,26,27,30)/t21-/m0/s1. The number of halogens is 1. The Morgan fingerprint density at radius 2 is 1.94 bits per heavy atom. The summed E-state index contributed by atoms with van der Waals surface area (Å²) in [4.78, 5) is 31.7. The number of fused-ring (bicyclic) bond motifs is 1. The maximum Gasteiger partial charge on any atom is 0.251 e. The summed E-state index contributed by atoms with van der Waals surface area (Å²) in [6.07, 6.45) is 2.03. The lowest BCUT2D eigenvalue weighted by Gasteiger charge is -2.19. The summed E-state index contributed by atoms with van der Waals surface area (Å²) in [7, 11) is 0. The van der Waals surface area contributed by atoms with Crippen molar-refractivity contribution in [3.63, 3.8) is 0 Å². The lowest BCUT2D eigenvalue weighted by molar-refractivity contribution is -0.121. The zero-order valence-corrected chi connectivity index (χ0v) is 17.2. The largest absolute Gasteiger partial charge is 0.464 e. The molecule has 0 saturated carbocycles. The van der Waals surface area contributed by atoms with Gasteiger partial charge < -0.3 is 14.7 Å². The van der Waals surface area contributed by atoms with Crippen molar-refractivity contribution in [1.29, 1.82) is 0 Å². The van der Waals surface area contributed by atoms with Crippen LogP contribution in [-0.2, 0) is 17.6 Å². The number of carbonyl (C=O) groups is 1. The molecule has 2 aromatic heterocycles. The first-order chi connectivity index (χ1) is 14.9. The van der Waals surface area contributed by atoms with Crippen LogP contribution in [0.4, 0.5) is 4.39 Å². The van der Waals surface area contributed by atoms with Crippen LogP contribution in [0.25, 0.3) is 11.0 Å². The third kappa shape index (κ3) is 4.88. The zero-order valence-electron chi connectivity index (χ0n) is 17.2. The second-order valence-corrected chi connectivity index (χ2v) is 7.64. The number of nitrogens with one attached hydrogen (secondary N) is 2. The lowest BCUT2D eigenvalue weighted by Crippen LogP contribution is -2.31. The Bertz CT molecular complexity index is 1290. The van der Waals surface area contributed by atoms with Gasteiger partial charge in [-0.2, -0.15) is 0 Å². The molecular weight excluding hydrogens is 397 g/mol. The maximum absolute atomic E-state index is 13.4. The maximum atomic E-state index is 13.4. The minimum absolute atomic E-state index is 0.135. The van der Waals surface area contributed by atoms with Gasteiger partial charge in [-0.1, -0.05) is 24.3 Å². The highest BCUT2D eigenvalue weighted by atomic mass is 19.1. The molecule has 4 rings (SSSR count). The van der Waals surface area contributed by atoms with E-state index in [4.69, 9.17) is 4.42 Å². The lowest BCUT2D eigenvalue weighted by atomic mass is 10.0. The molecule has 0 bridgehead atoms. The summed E-state index contributed by atoms with van der Waals surface area (Å²) >= 11 is 0. The molecule has 0 aliphatic carbocycles. The van der Waals surface area contributed by atoms with Crippen LogP contribution in [0, 0.1) is 19.7 Å². The van der Waals surface area contributed by atoms with E-state index in [0.717, 1.165) is 27.7 Å². The summed E-state index contributed by atoms with van der Waals surface area (Å²) in [5, 5.41) is 3.89. The van der Waals surface area contributed by atoms with Crippen LogP contribution in [0.3, 0.4) is 0 Å². The van der Waals surface area contributed by atoms with Crippen LogP contribution in [0.1, 0.15) is 34.3 Å². The number of amides is 1. The van der Waals surface area contributed by atoms with Gasteiger partial charge in [0.2, 0.25) is 5.91 Å². The molecule has 0 aliphatic rings. The predicted molar refractivity (Wildman–Crippen MR) is 115 cm³/mol. The monoisotopic (exact) mass is 419 g/mol. The number of furan rings is 1. The SMILES string of the molecule is Cc1ccc2c(CC(=O)N[C@@H](Cc3cc(=O)[nH]c(C)n3)c3ccc(F)cc3)coc2c1. The normalized spacial score (nSPS) is 12.1. The van der Waals surface area contributed by atoms with Gasteiger partial charge in [0.05, 0.1) is 24.4 Å². The van der Waals surface area contributed by atoms with Crippen molar-refractivity contribution in [3.8, 4) is 0 Å². The highest BCUT2D eigenvalue weighted by Gasteiger charge is 2.18. The van der Waals surface area contributed by atoms with Crippen LogP contribution in [0.2, 0.25) is 0 Å². The van der Waals surface area contributed by atoms with Gasteiger partial charge in [0.1, 0.15) is 17.2 Å². The fourth-order valence-electron chi connectivity index (χ4n) is 3.65. The Balaban J connectivity index is 1.57. The van der Waals surface area contributed by atoms with Crippen LogP contribution in [0.15, 0.2) is 64.0 Å². The Hall–Kier alpha value is -3.74. The van der Waals surface area contributed by atoms with Crippen molar-refractivity contribution < 1.29 is 13.6 Å². The Labute approximate surface area is 178 Å². The second kappa shape index (κ2) is 8.55. The molecule has 7 heteroatoms. The van der Waals surface area contributed by atoms with E-state index < -0.39 is 6.04 Å². The minimum Gasteiger partial charge on any atom is -0.464 e. The third-order valence-corrected chi connectivity index (χ3v) is 5.10. The molecule has 31 heavy (non-hydrogen) atoms. The van der Waals surface area contributed by atoms with Gasteiger partial charge in [-0.05, 0) is 43.2 Å². The minimum atomic E-state index is -0.470. The van der Waals surface area contributed by atoms with E-state index in [1.165, 1.54) is 18.2 Å². The fourth-order valence-corrected chi connectivity index (χ4v) is 3.65. The van der Waals surface area contributed by atoms with Gasteiger partial charge in [0, 0.05) is 23.4 Å². The number of aromatic amines is 1. The number of rotatable bonds is 6. The highest BCUT2D eigenvalue weighted by molar-refractivity contribution is 5.88. The van der Waals surface area contributed by atoms with E-state index in [9.17, 15) is 14.0 Å². The van der Waals surface area contributed by atoms with Crippen molar-refractivity contribution in [3.05, 3.63) is 99.2 Å². The summed E-state index contributed by atoms with van der Waals surface area (Å²) in [5.41, 5.74) is 3.61. The van der Waals surface area contributed by atoms with E-state index in [-0.39, 0.29) is 23.7 Å². The average molecular weight is 419 g/mol. The summed E-state index contributed by atoms with van der Waals surface area (Å²) in [6, 6.07) is 12.7. The van der Waals surface area contributed by atoms with E-state index in [2.05, 4.69) is 15.3 Å². The molecule has 2 heterocycles. The van der Waals surface area contributed by atoms with E-state index in [1.807, 2.05) is 25.1 Å². The first-order valence-electron chi connectivity index (χ1n) is 9.96. The summed E-state index contributed by atoms with van der Waals surface area (Å²) < 4.78 is 19.0. The van der Waals surface area contributed by atoms with Gasteiger partial charge in [-0.3, -0.25) is 9.59 Å². The number of H-pyrrole nitrogens is 1. The predicted octanol–water partition coefficient (Wildman–Crippen LogP) is 3.91. The molecule has 0 radical (unpaired) electrons. The van der Waals surface area contributed by atoms with E-state index in [1.54, 1.807) is 25.3 Å². The molecule has 0 saturated heterocycles. The van der Waals surface area contributed by atoms with E-state index >= 15 is 0 Å². The van der Waals surface area contributed by atoms with Crippen molar-refractivity contribution >= 4 is 16.9 Å². The molecule has 1 amide bonds. The van der Waals surface area contributed by atoms with Gasteiger partial charge in [-0.15, -0.1) is 0 Å². The van der Waals surface area contributed by atoms with Crippen molar-refractivity contribution in [2.75, 3.05) is 0 Å². The number of nitrogens with zero attached hydrogens (tertiary/aromatic N) is 1. The van der Waals surface area contributed by atoms with Crippen molar-refractivity contribution in [1.82, 2.24) is 15.3 Å². The highest BCUT2D eigenvalue weighted by Crippen LogP contribution is 2.24. The molecule has 4 aromatic rings. The zero-order chi connectivity index (χ0) is 22.0. The fraction of sp³-hybridized carbons (Fsp3) is 0.208. The molecule has 0 spiro atoms. The third-order valence-electron chi connectivity index (χ3n) is 5.10. The first kappa shape index (κ1) is 20.5. The Morgan fingerprint density at radius 3 is 2.68 bits per heavy atom. The number of carbonyl (C=O) groups excluding carboxylic acids is 1. The molecule has 2 N–H and O–H groups in total. The molecule has 2 aromatic carbocycles. The Morgan fingerprint density at radius 1 is 1.16 bits per heavy atom. The van der Waals surface area contributed by atoms with Crippen LogP contribution >= 0.6 is 0 Å². The Kier molecular flexibility index (Phi) is 5.66. The number of hydrogen-bond acceptors (Lipinski definition) is 4. The molecule has 1 atom stereocenters. The number of benzene rings is 2. The number of aromatic nitrogens is 2. The molecule has 0 aliphatic heterocycles. The average Bonchev–Trinajstić information content (AvgIpc) is 3.09. The van der Waals surface area contributed by atoms with Gasteiger partial charge in [0.15, 0.2) is 0 Å². The van der Waals surface area contributed by atoms with Gasteiger partial charge in [-0.25, -0.2) is 9.37 Å². The van der Waals surface area contributed by atoms with Crippen molar-refractivity contribution in [2.45, 2.75) is 32.7 Å². The summed E-state index contributed by atoms with van der Waals surface area (Å²) in [5.74, 6) is -0.0786. The molecule has 158 valence electrons. The molecule has 0 unspecified atom stereocenters.